The van der Waals surface area contributed by atoms with Crippen LogP contribution in [0.25, 0.3) is 0 Å². The lowest BCUT2D eigenvalue weighted by Gasteiger charge is -2.31. The quantitative estimate of drug-likeness (QED) is 0.649. The van der Waals surface area contributed by atoms with Crippen molar-refractivity contribution in [2.75, 3.05) is 26.7 Å². The third-order valence-electron chi connectivity index (χ3n) is 3.45. The Bertz CT molecular complexity index is 163. The standard InChI is InChI=1S/C11H25N2P/c1-4-10(12(3)5-2)9-13-8-6-7-11(13)14/h10-11H,4-9,14H2,1-3H3. The minimum atomic E-state index is 0.731. The molecule has 0 spiro atoms. The molecule has 3 atom stereocenters. The molecule has 1 aliphatic heterocycles. The molecule has 1 aliphatic rings. The van der Waals surface area contributed by atoms with Gasteiger partial charge in [-0.3, -0.25) is 4.90 Å². The fourth-order valence-electron chi connectivity index (χ4n) is 2.19. The van der Waals surface area contributed by atoms with Crippen molar-refractivity contribution in [3.63, 3.8) is 0 Å². The summed E-state index contributed by atoms with van der Waals surface area (Å²) in [6, 6.07) is 0.737. The lowest BCUT2D eigenvalue weighted by atomic mass is 10.2. The second-order valence-corrected chi connectivity index (χ2v) is 5.11. The van der Waals surface area contributed by atoms with Crippen LogP contribution in [0.2, 0.25) is 0 Å². The summed E-state index contributed by atoms with van der Waals surface area (Å²) in [5, 5.41) is 0. The van der Waals surface area contributed by atoms with E-state index in [0.717, 1.165) is 18.4 Å². The molecule has 0 aliphatic carbocycles. The van der Waals surface area contributed by atoms with Gasteiger partial charge in [-0.05, 0) is 39.4 Å². The second kappa shape index (κ2) is 6.05. The molecule has 1 fully saturated rings. The number of hydrogen-bond acceptors (Lipinski definition) is 2. The monoisotopic (exact) mass is 216 g/mol. The van der Waals surface area contributed by atoms with Gasteiger partial charge in [0.15, 0.2) is 0 Å². The van der Waals surface area contributed by atoms with Crippen molar-refractivity contribution >= 4 is 9.24 Å². The first-order valence-corrected chi connectivity index (χ1v) is 6.55. The van der Waals surface area contributed by atoms with Gasteiger partial charge in [-0.2, -0.15) is 0 Å². The Morgan fingerprint density at radius 1 is 1.50 bits per heavy atom. The van der Waals surface area contributed by atoms with Gasteiger partial charge in [0, 0.05) is 18.4 Å². The molecule has 2 nitrogen and oxygen atoms in total. The Balaban J connectivity index is 2.39. The van der Waals surface area contributed by atoms with Crippen molar-refractivity contribution in [2.45, 2.75) is 44.9 Å². The van der Waals surface area contributed by atoms with E-state index < -0.39 is 0 Å². The van der Waals surface area contributed by atoms with Gasteiger partial charge >= 0.3 is 0 Å². The summed E-state index contributed by atoms with van der Waals surface area (Å²) in [6.07, 6.45) is 4.00. The van der Waals surface area contributed by atoms with E-state index in [2.05, 4.69) is 39.9 Å². The van der Waals surface area contributed by atoms with Crippen molar-refractivity contribution in [1.29, 1.82) is 0 Å². The van der Waals surface area contributed by atoms with E-state index in [9.17, 15) is 0 Å². The molecule has 3 heteroatoms. The van der Waals surface area contributed by atoms with E-state index in [-0.39, 0.29) is 0 Å². The zero-order valence-electron chi connectivity index (χ0n) is 9.87. The molecule has 1 saturated heterocycles. The topological polar surface area (TPSA) is 6.48 Å². The second-order valence-electron chi connectivity index (χ2n) is 4.34. The van der Waals surface area contributed by atoms with E-state index in [4.69, 9.17) is 0 Å². The van der Waals surface area contributed by atoms with E-state index >= 15 is 0 Å². The first kappa shape index (κ1) is 12.4. The molecule has 0 aromatic carbocycles. The van der Waals surface area contributed by atoms with Crippen LogP contribution in [0.15, 0.2) is 0 Å². The lowest BCUT2D eigenvalue weighted by molar-refractivity contribution is 0.175. The average molecular weight is 216 g/mol. The van der Waals surface area contributed by atoms with Crippen molar-refractivity contribution < 1.29 is 0 Å². The minimum Gasteiger partial charge on any atom is -0.302 e. The van der Waals surface area contributed by atoms with Gasteiger partial charge in [-0.25, -0.2) is 0 Å². The third-order valence-corrected chi connectivity index (χ3v) is 4.21. The summed E-state index contributed by atoms with van der Waals surface area (Å²) >= 11 is 0. The Kier molecular flexibility index (Phi) is 5.36. The van der Waals surface area contributed by atoms with Crippen LogP contribution in [0.5, 0.6) is 0 Å². The molecular formula is C11H25N2P. The molecule has 1 rings (SSSR count). The normalized spacial score (nSPS) is 25.9. The zero-order chi connectivity index (χ0) is 10.6. The highest BCUT2D eigenvalue weighted by Crippen LogP contribution is 2.23. The summed E-state index contributed by atoms with van der Waals surface area (Å²) < 4.78 is 0. The van der Waals surface area contributed by atoms with Gasteiger partial charge in [-0.15, -0.1) is 9.24 Å². The lowest BCUT2D eigenvalue weighted by Crippen LogP contribution is -2.42. The van der Waals surface area contributed by atoms with Gasteiger partial charge in [0.05, 0.1) is 0 Å². The smallest absolute Gasteiger partial charge is 0.0240 e. The molecular weight excluding hydrogens is 191 g/mol. The molecule has 0 bridgehead atoms. The molecule has 0 aromatic rings. The fraction of sp³-hybridized carbons (Fsp3) is 1.00. The van der Waals surface area contributed by atoms with Crippen LogP contribution in [0, 0.1) is 0 Å². The SMILES string of the molecule is CCC(CN1CCCC1P)N(C)CC. The van der Waals surface area contributed by atoms with Crippen LogP contribution in [0.1, 0.15) is 33.1 Å². The maximum Gasteiger partial charge on any atom is 0.0240 e. The van der Waals surface area contributed by atoms with Crippen molar-refractivity contribution in [3.05, 3.63) is 0 Å². The summed E-state index contributed by atoms with van der Waals surface area (Å²) in [6.45, 7) is 8.24. The number of likely N-dealkylation sites (tertiary alicyclic amines) is 1. The predicted octanol–water partition coefficient (Wildman–Crippen LogP) is 2.01. The predicted molar refractivity (Wildman–Crippen MR) is 66.7 cm³/mol. The molecule has 0 radical (unpaired) electrons. The summed E-state index contributed by atoms with van der Waals surface area (Å²) in [5.41, 5.74) is 0. The number of nitrogens with zero attached hydrogens (tertiary/aromatic N) is 2. The zero-order valence-corrected chi connectivity index (χ0v) is 11.0. The van der Waals surface area contributed by atoms with E-state index in [1.165, 1.54) is 32.4 Å². The van der Waals surface area contributed by atoms with Crippen molar-refractivity contribution in [3.8, 4) is 0 Å². The number of hydrogen-bond donors (Lipinski definition) is 0. The molecule has 14 heavy (non-hydrogen) atoms. The molecule has 84 valence electrons. The molecule has 0 N–H and O–H groups in total. The van der Waals surface area contributed by atoms with Gasteiger partial charge < -0.3 is 4.90 Å². The average Bonchev–Trinajstić information content (AvgIpc) is 2.59. The van der Waals surface area contributed by atoms with Gasteiger partial charge in [0.2, 0.25) is 0 Å². The van der Waals surface area contributed by atoms with E-state index in [1.807, 2.05) is 0 Å². The first-order valence-electron chi connectivity index (χ1n) is 5.88. The highest BCUT2D eigenvalue weighted by Gasteiger charge is 2.23. The van der Waals surface area contributed by atoms with E-state index in [1.54, 1.807) is 0 Å². The Hall–Kier alpha value is 0.350. The Labute approximate surface area is 91.2 Å². The first-order chi connectivity index (χ1) is 6.69. The number of rotatable bonds is 5. The van der Waals surface area contributed by atoms with Crippen LogP contribution in [0.3, 0.4) is 0 Å². The van der Waals surface area contributed by atoms with Crippen LogP contribution < -0.4 is 0 Å². The molecule has 0 saturated carbocycles. The fourth-order valence-corrected chi connectivity index (χ4v) is 2.69. The summed E-state index contributed by atoms with van der Waals surface area (Å²) in [7, 11) is 5.22. The largest absolute Gasteiger partial charge is 0.302 e. The molecule has 3 unspecified atom stereocenters. The van der Waals surface area contributed by atoms with Crippen LogP contribution in [-0.2, 0) is 0 Å². The number of likely N-dealkylation sites (N-methyl/N-ethyl adjacent to an activating group) is 1. The van der Waals surface area contributed by atoms with Crippen LogP contribution in [-0.4, -0.2) is 48.3 Å². The van der Waals surface area contributed by atoms with Crippen LogP contribution >= 0.6 is 9.24 Å². The van der Waals surface area contributed by atoms with Crippen molar-refractivity contribution in [2.24, 2.45) is 0 Å². The Morgan fingerprint density at radius 3 is 2.64 bits per heavy atom. The van der Waals surface area contributed by atoms with E-state index in [0.29, 0.717) is 0 Å². The molecule has 0 amide bonds. The van der Waals surface area contributed by atoms with Crippen LogP contribution in [0.4, 0.5) is 0 Å². The highest BCUT2D eigenvalue weighted by atomic mass is 31.0. The third kappa shape index (κ3) is 3.18. The van der Waals surface area contributed by atoms with Gasteiger partial charge in [0.1, 0.15) is 0 Å². The molecule has 0 aromatic heterocycles. The van der Waals surface area contributed by atoms with Gasteiger partial charge in [0.25, 0.3) is 0 Å². The van der Waals surface area contributed by atoms with Crippen molar-refractivity contribution in [1.82, 2.24) is 9.80 Å². The summed E-state index contributed by atoms with van der Waals surface area (Å²) in [4.78, 5) is 5.08. The minimum absolute atomic E-state index is 0.731. The van der Waals surface area contributed by atoms with Gasteiger partial charge in [-0.1, -0.05) is 13.8 Å². The maximum atomic E-state index is 2.98. The maximum absolute atomic E-state index is 2.98. The Morgan fingerprint density at radius 2 is 2.21 bits per heavy atom. The highest BCUT2D eigenvalue weighted by molar-refractivity contribution is 7.17. The summed E-state index contributed by atoms with van der Waals surface area (Å²) in [5.74, 6) is 0.731. The molecule has 1 heterocycles.